The highest BCUT2D eigenvalue weighted by Gasteiger charge is 2.48. The van der Waals surface area contributed by atoms with E-state index in [9.17, 15) is 19.7 Å². The molecule has 1 fully saturated rings. The van der Waals surface area contributed by atoms with E-state index < -0.39 is 17.0 Å². The Labute approximate surface area is 178 Å². The largest absolute Gasteiger partial charge is 0.356 e. The van der Waals surface area contributed by atoms with Gasteiger partial charge in [0.1, 0.15) is 6.04 Å². The van der Waals surface area contributed by atoms with Crippen molar-refractivity contribution in [3.63, 3.8) is 0 Å². The van der Waals surface area contributed by atoms with Crippen molar-refractivity contribution in [3.05, 3.63) is 75.5 Å². The van der Waals surface area contributed by atoms with E-state index >= 15 is 0 Å². The summed E-state index contributed by atoms with van der Waals surface area (Å²) in [4.78, 5) is 44.0. The topological polar surface area (TPSA) is 99.6 Å². The minimum atomic E-state index is -0.584. The molecular weight excluding hydrogens is 396 g/mol. The monoisotopic (exact) mass is 418 g/mol. The Morgan fingerprint density at radius 2 is 1.87 bits per heavy atom. The molecule has 2 aliphatic rings. The number of nitrogens with zero attached hydrogens (tertiary/aromatic N) is 3. The lowest BCUT2D eigenvalue weighted by atomic mass is 9.86. The van der Waals surface area contributed by atoms with Gasteiger partial charge in [0.25, 0.3) is 5.69 Å². The van der Waals surface area contributed by atoms with E-state index in [1.165, 1.54) is 12.1 Å². The van der Waals surface area contributed by atoms with Crippen LogP contribution in [0.5, 0.6) is 0 Å². The number of non-ortho nitro benzene ring substituents is 1. The Morgan fingerprint density at radius 1 is 1.13 bits per heavy atom. The van der Waals surface area contributed by atoms with Crippen LogP contribution in [0.4, 0.5) is 5.69 Å². The van der Waals surface area contributed by atoms with Gasteiger partial charge in [0.05, 0.1) is 17.5 Å². The molecule has 0 bridgehead atoms. The van der Waals surface area contributed by atoms with E-state index in [1.807, 2.05) is 31.2 Å². The maximum absolute atomic E-state index is 13.3. The van der Waals surface area contributed by atoms with Crippen molar-refractivity contribution in [1.82, 2.24) is 14.8 Å². The van der Waals surface area contributed by atoms with Crippen molar-refractivity contribution in [2.75, 3.05) is 13.1 Å². The number of amides is 2. The molecule has 1 N–H and O–H groups in total. The third kappa shape index (κ3) is 2.98. The summed E-state index contributed by atoms with van der Waals surface area (Å²) >= 11 is 0. The van der Waals surface area contributed by atoms with Gasteiger partial charge in [0.15, 0.2) is 0 Å². The molecular formula is C23H22N4O4. The van der Waals surface area contributed by atoms with Crippen LogP contribution in [0.3, 0.4) is 0 Å². The summed E-state index contributed by atoms with van der Waals surface area (Å²) in [6.45, 7) is 2.60. The SMILES string of the molecule is CCCN1CC(=O)N2C(Cc3c([nH]c4ccccc34)C2c2ccc([N+](=O)[O-])cc2)C1=O. The summed E-state index contributed by atoms with van der Waals surface area (Å²) in [7, 11) is 0. The normalized spacial score (nSPS) is 20.7. The van der Waals surface area contributed by atoms with E-state index in [4.69, 9.17) is 0 Å². The third-order valence-corrected chi connectivity index (χ3v) is 6.26. The molecule has 2 aromatic carbocycles. The zero-order chi connectivity index (χ0) is 21.7. The Balaban J connectivity index is 1.68. The fourth-order valence-electron chi connectivity index (χ4n) is 4.91. The number of aromatic amines is 1. The molecule has 8 nitrogen and oxygen atoms in total. The first-order valence-corrected chi connectivity index (χ1v) is 10.4. The number of nitro groups is 1. The molecule has 158 valence electrons. The molecule has 2 atom stereocenters. The molecule has 0 radical (unpaired) electrons. The number of para-hydroxylation sites is 1. The molecule has 0 saturated carbocycles. The number of carbonyl (C=O) groups is 2. The molecule has 2 unspecified atom stereocenters. The fraction of sp³-hybridized carbons (Fsp3) is 0.304. The summed E-state index contributed by atoms with van der Waals surface area (Å²) in [5, 5.41) is 12.1. The molecule has 0 aliphatic carbocycles. The molecule has 2 amide bonds. The van der Waals surface area contributed by atoms with Gasteiger partial charge < -0.3 is 14.8 Å². The van der Waals surface area contributed by atoms with Crippen molar-refractivity contribution in [3.8, 4) is 0 Å². The summed E-state index contributed by atoms with van der Waals surface area (Å²) in [5.74, 6) is -0.144. The number of nitro benzene ring substituents is 1. The molecule has 0 spiro atoms. The number of nitrogens with one attached hydrogen (secondary N) is 1. The Bertz CT molecular complexity index is 1200. The number of H-pyrrole nitrogens is 1. The van der Waals surface area contributed by atoms with Gasteiger partial charge >= 0.3 is 0 Å². The first-order chi connectivity index (χ1) is 15.0. The van der Waals surface area contributed by atoms with Crippen LogP contribution in [-0.2, 0) is 16.0 Å². The minimum Gasteiger partial charge on any atom is -0.356 e. The number of piperazine rings is 1. The van der Waals surface area contributed by atoms with Crippen LogP contribution >= 0.6 is 0 Å². The molecule has 3 heterocycles. The van der Waals surface area contributed by atoms with Gasteiger partial charge in [-0.05, 0) is 35.7 Å². The van der Waals surface area contributed by atoms with Crippen LogP contribution in [0, 0.1) is 10.1 Å². The van der Waals surface area contributed by atoms with Gasteiger partial charge in [-0.15, -0.1) is 0 Å². The Morgan fingerprint density at radius 3 is 2.58 bits per heavy atom. The van der Waals surface area contributed by atoms with Gasteiger partial charge in [0.2, 0.25) is 11.8 Å². The highest BCUT2D eigenvalue weighted by atomic mass is 16.6. The van der Waals surface area contributed by atoms with E-state index in [0.717, 1.165) is 34.1 Å². The predicted molar refractivity (Wildman–Crippen MR) is 114 cm³/mol. The second-order valence-corrected chi connectivity index (χ2v) is 8.09. The second-order valence-electron chi connectivity index (χ2n) is 8.09. The van der Waals surface area contributed by atoms with Crippen LogP contribution in [0.2, 0.25) is 0 Å². The maximum Gasteiger partial charge on any atom is 0.269 e. The van der Waals surface area contributed by atoms with Gasteiger partial charge in [-0.3, -0.25) is 19.7 Å². The fourth-order valence-corrected chi connectivity index (χ4v) is 4.91. The summed E-state index contributed by atoms with van der Waals surface area (Å²) in [6, 6.07) is 13.1. The van der Waals surface area contributed by atoms with Crippen molar-refractivity contribution in [1.29, 1.82) is 0 Å². The summed E-state index contributed by atoms with van der Waals surface area (Å²) in [5.41, 5.74) is 3.58. The molecule has 1 saturated heterocycles. The number of hydrogen-bond donors (Lipinski definition) is 1. The standard InChI is InChI=1S/C23H22N4O4/c1-2-11-25-13-20(28)26-19(23(25)29)12-17-16-5-3-4-6-18(16)24-21(17)22(26)14-7-9-15(10-8-14)27(30)31/h3-10,19,22,24H,2,11-13H2,1H3. The molecule has 5 rings (SSSR count). The maximum atomic E-state index is 13.3. The first kappa shape index (κ1) is 19.3. The van der Waals surface area contributed by atoms with Crippen LogP contribution < -0.4 is 0 Å². The van der Waals surface area contributed by atoms with E-state index in [0.29, 0.717) is 13.0 Å². The Kier molecular flexibility index (Phi) is 4.50. The lowest BCUT2D eigenvalue weighted by Crippen LogP contribution is -2.63. The minimum absolute atomic E-state index is 0.0110. The predicted octanol–water partition coefficient (Wildman–Crippen LogP) is 3.17. The number of hydrogen-bond acceptors (Lipinski definition) is 4. The van der Waals surface area contributed by atoms with Crippen LogP contribution in [0.15, 0.2) is 48.5 Å². The number of rotatable bonds is 4. The second kappa shape index (κ2) is 7.23. The molecule has 8 heteroatoms. The van der Waals surface area contributed by atoms with Gasteiger partial charge in [-0.25, -0.2) is 0 Å². The van der Waals surface area contributed by atoms with Crippen molar-refractivity contribution >= 4 is 28.4 Å². The van der Waals surface area contributed by atoms with Crippen LogP contribution in [0.1, 0.15) is 36.2 Å². The number of benzene rings is 2. The van der Waals surface area contributed by atoms with E-state index in [1.54, 1.807) is 21.9 Å². The van der Waals surface area contributed by atoms with E-state index in [-0.39, 0.29) is 24.0 Å². The number of fused-ring (bicyclic) bond motifs is 4. The summed E-state index contributed by atoms with van der Waals surface area (Å²) < 4.78 is 0. The van der Waals surface area contributed by atoms with E-state index in [2.05, 4.69) is 4.98 Å². The molecule has 31 heavy (non-hydrogen) atoms. The Hall–Kier alpha value is -3.68. The van der Waals surface area contributed by atoms with Crippen LogP contribution in [-0.4, -0.2) is 50.7 Å². The van der Waals surface area contributed by atoms with Gasteiger partial charge in [0, 0.05) is 41.7 Å². The van der Waals surface area contributed by atoms with Crippen LogP contribution in [0.25, 0.3) is 10.9 Å². The highest BCUT2D eigenvalue weighted by Crippen LogP contribution is 2.42. The molecule has 1 aromatic heterocycles. The number of carbonyl (C=O) groups excluding carboxylic acids is 2. The third-order valence-electron chi connectivity index (χ3n) is 6.26. The van der Waals surface area contributed by atoms with Gasteiger partial charge in [-0.2, -0.15) is 0 Å². The smallest absolute Gasteiger partial charge is 0.269 e. The number of aromatic nitrogens is 1. The molecule has 3 aromatic rings. The zero-order valence-electron chi connectivity index (χ0n) is 17.1. The van der Waals surface area contributed by atoms with Crippen molar-refractivity contribution in [2.24, 2.45) is 0 Å². The highest BCUT2D eigenvalue weighted by molar-refractivity contribution is 5.97. The average Bonchev–Trinajstić information content (AvgIpc) is 3.14. The lowest BCUT2D eigenvalue weighted by molar-refractivity contribution is -0.384. The zero-order valence-corrected chi connectivity index (χ0v) is 17.1. The quantitative estimate of drug-likeness (QED) is 0.520. The first-order valence-electron chi connectivity index (χ1n) is 10.4. The summed E-state index contributed by atoms with van der Waals surface area (Å²) in [6.07, 6.45) is 1.24. The van der Waals surface area contributed by atoms with Gasteiger partial charge in [-0.1, -0.05) is 25.1 Å². The average molecular weight is 418 g/mol. The molecule has 2 aliphatic heterocycles. The van der Waals surface area contributed by atoms with Crippen molar-refractivity contribution in [2.45, 2.75) is 31.8 Å². The van der Waals surface area contributed by atoms with Crippen molar-refractivity contribution < 1.29 is 14.5 Å². The lowest BCUT2D eigenvalue weighted by Gasteiger charge is -2.47.